The van der Waals surface area contributed by atoms with Gasteiger partial charge in [0.1, 0.15) is 5.75 Å². The molecule has 0 saturated heterocycles. The highest BCUT2D eigenvalue weighted by atomic mass is 16.6. The second-order valence-corrected chi connectivity index (χ2v) is 10.7. The molecule has 3 aromatic rings. The number of unbranched alkanes of at least 4 members (excludes halogenated alkanes) is 10. The lowest BCUT2D eigenvalue weighted by Crippen LogP contribution is -2.26. The summed E-state index contributed by atoms with van der Waals surface area (Å²) in [5.41, 5.74) is 4.33. The van der Waals surface area contributed by atoms with Crippen molar-refractivity contribution in [2.75, 3.05) is 6.61 Å². The van der Waals surface area contributed by atoms with Crippen molar-refractivity contribution in [2.45, 2.75) is 110 Å². The molecule has 2 aromatic carbocycles. The van der Waals surface area contributed by atoms with Crippen molar-refractivity contribution in [2.24, 2.45) is 0 Å². The van der Waals surface area contributed by atoms with Crippen LogP contribution in [0.2, 0.25) is 0 Å². The highest BCUT2D eigenvalue weighted by Crippen LogP contribution is 2.24. The summed E-state index contributed by atoms with van der Waals surface area (Å²) in [6, 6.07) is 16.3. The SMILES string of the molecule is CCCCCCCCCCc1ccc(-c2ncc(-c3ccc(OC(C)C(=O)OCCCCCC)cc3)cn2)cc1. The van der Waals surface area contributed by atoms with Gasteiger partial charge in [-0.15, -0.1) is 0 Å². The second kappa shape index (κ2) is 18.2. The van der Waals surface area contributed by atoms with Gasteiger partial charge < -0.3 is 9.47 Å². The van der Waals surface area contributed by atoms with E-state index < -0.39 is 6.10 Å². The highest BCUT2D eigenvalue weighted by Gasteiger charge is 2.16. The zero-order valence-corrected chi connectivity index (χ0v) is 24.9. The largest absolute Gasteiger partial charge is 0.479 e. The third-order valence-corrected chi connectivity index (χ3v) is 7.26. The molecular formula is C35H48N2O3. The van der Waals surface area contributed by atoms with Crippen LogP contribution < -0.4 is 4.74 Å². The number of hydrogen-bond acceptors (Lipinski definition) is 5. The van der Waals surface area contributed by atoms with Crippen molar-refractivity contribution in [3.05, 3.63) is 66.5 Å². The fraction of sp³-hybridized carbons (Fsp3) is 0.514. The molecule has 0 N–H and O–H groups in total. The Morgan fingerprint density at radius 3 is 1.85 bits per heavy atom. The molecule has 1 unspecified atom stereocenters. The molecule has 5 heteroatoms. The van der Waals surface area contributed by atoms with Gasteiger partial charge in [-0.3, -0.25) is 0 Å². The lowest BCUT2D eigenvalue weighted by Gasteiger charge is -2.14. The zero-order chi connectivity index (χ0) is 28.4. The number of ether oxygens (including phenoxy) is 2. The van der Waals surface area contributed by atoms with Crippen LogP contribution in [0.25, 0.3) is 22.5 Å². The lowest BCUT2D eigenvalue weighted by molar-refractivity contribution is -0.151. The van der Waals surface area contributed by atoms with Crippen molar-refractivity contribution in [1.82, 2.24) is 9.97 Å². The van der Waals surface area contributed by atoms with Gasteiger partial charge in [-0.2, -0.15) is 0 Å². The van der Waals surface area contributed by atoms with Crippen LogP contribution in [0.4, 0.5) is 0 Å². The minimum absolute atomic E-state index is 0.328. The molecule has 0 bridgehead atoms. The van der Waals surface area contributed by atoms with Crippen molar-refractivity contribution in [1.29, 1.82) is 0 Å². The summed E-state index contributed by atoms with van der Waals surface area (Å²) in [6.07, 6.45) is 19.3. The molecule has 0 aliphatic rings. The van der Waals surface area contributed by atoms with E-state index in [2.05, 4.69) is 48.1 Å². The number of nitrogens with zero attached hydrogens (tertiary/aromatic N) is 2. The van der Waals surface area contributed by atoms with E-state index in [1.54, 1.807) is 6.92 Å². The maximum absolute atomic E-state index is 12.2. The Morgan fingerprint density at radius 1 is 0.675 bits per heavy atom. The smallest absolute Gasteiger partial charge is 0.347 e. The van der Waals surface area contributed by atoms with E-state index >= 15 is 0 Å². The molecule has 0 aliphatic heterocycles. The molecule has 3 rings (SSSR count). The number of rotatable bonds is 19. The summed E-state index contributed by atoms with van der Waals surface area (Å²) >= 11 is 0. The Labute approximate surface area is 241 Å². The average Bonchev–Trinajstić information content (AvgIpc) is 2.99. The predicted octanol–water partition coefficient (Wildman–Crippen LogP) is 9.38. The molecule has 5 nitrogen and oxygen atoms in total. The first-order chi connectivity index (χ1) is 19.6. The Hall–Kier alpha value is -3.21. The van der Waals surface area contributed by atoms with Crippen LogP contribution >= 0.6 is 0 Å². The van der Waals surface area contributed by atoms with E-state index in [1.807, 2.05) is 36.7 Å². The van der Waals surface area contributed by atoms with Crippen molar-refractivity contribution >= 4 is 5.97 Å². The van der Waals surface area contributed by atoms with Crippen molar-refractivity contribution in [3.63, 3.8) is 0 Å². The summed E-state index contributed by atoms with van der Waals surface area (Å²) in [4.78, 5) is 21.4. The lowest BCUT2D eigenvalue weighted by atomic mass is 10.0. The summed E-state index contributed by atoms with van der Waals surface area (Å²) in [5, 5.41) is 0. The van der Waals surface area contributed by atoms with Gasteiger partial charge in [0.25, 0.3) is 0 Å². The quantitative estimate of drug-likeness (QED) is 0.111. The summed E-state index contributed by atoms with van der Waals surface area (Å²) in [5.74, 6) is 1.03. The normalized spacial score (nSPS) is 11.8. The van der Waals surface area contributed by atoms with E-state index in [0.717, 1.165) is 54.6 Å². The minimum Gasteiger partial charge on any atom is -0.479 e. The van der Waals surface area contributed by atoms with Gasteiger partial charge in [-0.25, -0.2) is 14.8 Å². The Balaban J connectivity index is 1.43. The first-order valence-corrected chi connectivity index (χ1v) is 15.5. The highest BCUT2D eigenvalue weighted by molar-refractivity contribution is 5.74. The van der Waals surface area contributed by atoms with Crippen LogP contribution in [0.3, 0.4) is 0 Å². The molecule has 0 fully saturated rings. The fourth-order valence-corrected chi connectivity index (χ4v) is 4.71. The molecule has 1 atom stereocenters. The van der Waals surface area contributed by atoms with Crippen LogP contribution in [0.5, 0.6) is 5.75 Å². The summed E-state index contributed by atoms with van der Waals surface area (Å²) in [6.45, 7) is 6.60. The van der Waals surface area contributed by atoms with Gasteiger partial charge in [0, 0.05) is 23.5 Å². The maximum Gasteiger partial charge on any atom is 0.347 e. The zero-order valence-electron chi connectivity index (χ0n) is 24.9. The second-order valence-electron chi connectivity index (χ2n) is 10.7. The van der Waals surface area contributed by atoms with Crippen LogP contribution in [0.15, 0.2) is 60.9 Å². The Kier molecular flexibility index (Phi) is 14.2. The number of carbonyl (C=O) groups excluding carboxylic acids is 1. The molecule has 40 heavy (non-hydrogen) atoms. The number of carbonyl (C=O) groups is 1. The average molecular weight is 545 g/mol. The molecule has 1 heterocycles. The topological polar surface area (TPSA) is 61.3 Å². The van der Waals surface area contributed by atoms with Crippen LogP contribution in [0, 0.1) is 0 Å². The number of hydrogen-bond donors (Lipinski definition) is 0. The molecular weight excluding hydrogens is 496 g/mol. The molecule has 0 spiro atoms. The molecule has 0 aliphatic carbocycles. The summed E-state index contributed by atoms with van der Waals surface area (Å²) in [7, 11) is 0. The van der Waals surface area contributed by atoms with E-state index in [-0.39, 0.29) is 5.97 Å². The summed E-state index contributed by atoms with van der Waals surface area (Å²) < 4.78 is 11.1. The van der Waals surface area contributed by atoms with Crippen LogP contribution in [-0.2, 0) is 16.0 Å². The molecule has 0 saturated carbocycles. The van der Waals surface area contributed by atoms with E-state index in [1.165, 1.54) is 56.9 Å². The Bertz CT molecular complexity index is 1090. The third kappa shape index (κ3) is 11.1. The molecule has 0 radical (unpaired) electrons. The number of aryl methyl sites for hydroxylation is 1. The fourth-order valence-electron chi connectivity index (χ4n) is 4.71. The van der Waals surface area contributed by atoms with E-state index in [9.17, 15) is 4.79 Å². The van der Waals surface area contributed by atoms with Gasteiger partial charge in [-0.1, -0.05) is 114 Å². The van der Waals surface area contributed by atoms with Crippen LogP contribution in [-0.4, -0.2) is 28.6 Å². The van der Waals surface area contributed by atoms with E-state index in [0.29, 0.717) is 12.4 Å². The maximum atomic E-state index is 12.2. The van der Waals surface area contributed by atoms with Gasteiger partial charge in [0.2, 0.25) is 0 Å². The van der Waals surface area contributed by atoms with E-state index in [4.69, 9.17) is 9.47 Å². The van der Waals surface area contributed by atoms with Crippen LogP contribution in [0.1, 0.15) is 103 Å². The number of aromatic nitrogens is 2. The first kappa shape index (κ1) is 31.3. The van der Waals surface area contributed by atoms with Crippen molar-refractivity contribution < 1.29 is 14.3 Å². The van der Waals surface area contributed by atoms with Crippen molar-refractivity contribution in [3.8, 4) is 28.3 Å². The third-order valence-electron chi connectivity index (χ3n) is 7.26. The molecule has 216 valence electrons. The standard InChI is InChI=1S/C35H48N2O3/c1-4-6-8-10-11-12-13-14-16-29-17-19-31(20-18-29)34-36-26-32(27-37-34)30-21-23-33(24-22-30)40-28(3)35(38)39-25-15-9-7-5-2/h17-24,26-28H,4-16,25H2,1-3H3. The number of benzene rings is 2. The van der Waals surface area contributed by atoms with Gasteiger partial charge in [0.15, 0.2) is 11.9 Å². The molecule has 1 aromatic heterocycles. The Morgan fingerprint density at radius 2 is 1.23 bits per heavy atom. The number of esters is 1. The monoisotopic (exact) mass is 544 g/mol. The van der Waals surface area contributed by atoms with Gasteiger partial charge in [-0.05, 0) is 49.4 Å². The predicted molar refractivity (Wildman–Crippen MR) is 164 cm³/mol. The molecule has 0 amide bonds. The van der Waals surface area contributed by atoms with Gasteiger partial charge >= 0.3 is 5.97 Å². The first-order valence-electron chi connectivity index (χ1n) is 15.5. The minimum atomic E-state index is -0.647. The van der Waals surface area contributed by atoms with Gasteiger partial charge in [0.05, 0.1) is 6.61 Å².